The van der Waals surface area contributed by atoms with E-state index in [9.17, 15) is 16.8 Å². The largest absolute Gasteiger partial charge is 0.379 e. The van der Waals surface area contributed by atoms with Gasteiger partial charge in [0, 0.05) is 25.5 Å². The quantitative estimate of drug-likeness (QED) is 0.712. The predicted molar refractivity (Wildman–Crippen MR) is 75.7 cm³/mol. The topological polar surface area (TPSA) is 111 Å². The van der Waals surface area contributed by atoms with E-state index in [1.807, 2.05) is 0 Å². The third-order valence-corrected chi connectivity index (χ3v) is 6.15. The lowest BCUT2D eigenvalue weighted by Gasteiger charge is -2.25. The number of fused-ring (bicyclic) bond motifs is 1. The lowest BCUT2D eigenvalue weighted by Crippen LogP contribution is -2.40. The number of hydrogen-bond donors (Lipinski definition) is 0. The minimum absolute atomic E-state index is 0.00517. The van der Waals surface area contributed by atoms with Crippen molar-refractivity contribution in [3.63, 3.8) is 0 Å². The molecule has 3 rings (SSSR count). The summed E-state index contributed by atoms with van der Waals surface area (Å²) in [6.45, 7) is 1.14. The molecule has 0 aliphatic carbocycles. The summed E-state index contributed by atoms with van der Waals surface area (Å²) >= 11 is 0. The maximum absolute atomic E-state index is 12.7. The molecule has 120 valence electrons. The van der Waals surface area contributed by atoms with Gasteiger partial charge < -0.3 is 4.74 Å². The minimum atomic E-state index is -3.79. The van der Waals surface area contributed by atoms with E-state index in [1.165, 1.54) is 27.0 Å². The van der Waals surface area contributed by atoms with E-state index in [1.54, 1.807) is 0 Å². The van der Waals surface area contributed by atoms with Gasteiger partial charge in [-0.15, -0.1) is 10.2 Å². The number of aromatic nitrogens is 3. The summed E-state index contributed by atoms with van der Waals surface area (Å²) in [6.07, 6.45) is 2.41. The summed E-state index contributed by atoms with van der Waals surface area (Å²) in [5, 5.41) is 7.06. The molecule has 0 unspecified atom stereocenters. The van der Waals surface area contributed by atoms with Gasteiger partial charge in [-0.05, 0) is 12.1 Å². The van der Waals surface area contributed by atoms with Crippen molar-refractivity contribution in [3.05, 3.63) is 18.3 Å². The molecule has 0 amide bonds. The number of sulfonamides is 1. The number of pyridine rings is 1. The Hall–Kier alpha value is -1.56. The monoisotopic (exact) mass is 346 g/mol. The third-order valence-electron chi connectivity index (χ3n) is 3.29. The van der Waals surface area contributed by atoms with Crippen LogP contribution in [0, 0.1) is 0 Å². The first-order valence-corrected chi connectivity index (χ1v) is 9.76. The van der Waals surface area contributed by atoms with Crippen LogP contribution in [0.1, 0.15) is 0 Å². The lowest BCUT2D eigenvalue weighted by molar-refractivity contribution is 0.0730. The molecule has 22 heavy (non-hydrogen) atoms. The highest BCUT2D eigenvalue weighted by atomic mass is 32.2. The Morgan fingerprint density at radius 2 is 1.82 bits per heavy atom. The molecule has 0 atom stereocenters. The predicted octanol–water partition coefficient (Wildman–Crippen LogP) is -0.846. The Bertz CT molecular complexity index is 913. The second-order valence-corrected chi connectivity index (χ2v) is 8.65. The molecular weight excluding hydrogens is 332 g/mol. The summed E-state index contributed by atoms with van der Waals surface area (Å²) in [5.74, 6) is 0. The van der Waals surface area contributed by atoms with Gasteiger partial charge in [0.25, 0.3) is 5.16 Å². The van der Waals surface area contributed by atoms with Gasteiger partial charge in [-0.25, -0.2) is 16.8 Å². The fourth-order valence-electron chi connectivity index (χ4n) is 2.25. The fourth-order valence-corrected chi connectivity index (χ4v) is 4.47. The molecule has 1 saturated heterocycles. The van der Waals surface area contributed by atoms with E-state index in [0.717, 1.165) is 6.26 Å². The van der Waals surface area contributed by atoms with E-state index in [-0.39, 0.29) is 28.8 Å². The normalized spacial score (nSPS) is 17.9. The van der Waals surface area contributed by atoms with Crippen LogP contribution < -0.4 is 0 Å². The maximum Gasteiger partial charge on any atom is 0.253 e. The Balaban J connectivity index is 2.18. The SMILES string of the molecule is CS(=O)(=O)c1nnc2c(S(=O)(=O)N3CCOCC3)cccn12. The molecule has 0 spiro atoms. The molecule has 0 radical (unpaired) electrons. The number of hydrogen-bond acceptors (Lipinski definition) is 7. The van der Waals surface area contributed by atoms with Crippen LogP contribution >= 0.6 is 0 Å². The molecule has 3 heterocycles. The molecule has 0 aromatic carbocycles. The van der Waals surface area contributed by atoms with Gasteiger partial charge >= 0.3 is 0 Å². The third kappa shape index (κ3) is 2.49. The van der Waals surface area contributed by atoms with Gasteiger partial charge in [-0.3, -0.25) is 4.40 Å². The van der Waals surface area contributed by atoms with Crippen LogP contribution in [0.15, 0.2) is 28.4 Å². The zero-order valence-corrected chi connectivity index (χ0v) is 13.3. The zero-order chi connectivity index (χ0) is 16.0. The van der Waals surface area contributed by atoms with Crippen LogP contribution in [0.4, 0.5) is 0 Å². The van der Waals surface area contributed by atoms with Crippen molar-refractivity contribution in [2.24, 2.45) is 0 Å². The molecule has 1 aliphatic heterocycles. The van der Waals surface area contributed by atoms with Gasteiger partial charge in [0.2, 0.25) is 19.9 Å². The Morgan fingerprint density at radius 1 is 1.14 bits per heavy atom. The molecule has 2 aromatic heterocycles. The average molecular weight is 346 g/mol. The van der Waals surface area contributed by atoms with E-state index in [0.29, 0.717) is 13.2 Å². The molecule has 11 heteroatoms. The standard InChI is InChI=1S/C11H14N4O5S2/c1-21(16,17)11-13-12-10-9(3-2-4-15(10)11)22(18,19)14-5-7-20-8-6-14/h2-4H,5-8H2,1H3. The van der Waals surface area contributed by atoms with Gasteiger partial charge in [0.05, 0.1) is 13.2 Å². The number of ether oxygens (including phenoxy) is 1. The molecule has 2 aromatic rings. The second-order valence-electron chi connectivity index (χ2n) is 4.84. The van der Waals surface area contributed by atoms with Crippen LogP contribution in [0.3, 0.4) is 0 Å². The summed E-state index contributed by atoms with van der Waals surface area (Å²) in [7, 11) is -7.40. The summed E-state index contributed by atoms with van der Waals surface area (Å²) in [6, 6.07) is 2.85. The summed E-state index contributed by atoms with van der Waals surface area (Å²) in [4.78, 5) is -0.0701. The Labute approximate surface area is 127 Å². The molecule has 0 saturated carbocycles. The van der Waals surface area contributed by atoms with Crippen molar-refractivity contribution in [2.45, 2.75) is 10.1 Å². The smallest absolute Gasteiger partial charge is 0.253 e. The van der Waals surface area contributed by atoms with Crippen molar-refractivity contribution in [1.29, 1.82) is 0 Å². The number of nitrogens with zero attached hydrogens (tertiary/aromatic N) is 4. The van der Waals surface area contributed by atoms with Gasteiger partial charge in [0.1, 0.15) is 4.90 Å². The Morgan fingerprint density at radius 3 is 2.45 bits per heavy atom. The van der Waals surface area contributed by atoms with E-state index in [2.05, 4.69) is 10.2 Å². The molecule has 1 fully saturated rings. The summed E-state index contributed by atoms with van der Waals surface area (Å²) < 4.78 is 56.4. The highest BCUT2D eigenvalue weighted by Gasteiger charge is 2.30. The molecule has 1 aliphatic rings. The van der Waals surface area contributed by atoms with E-state index < -0.39 is 19.9 Å². The molecule has 0 bridgehead atoms. The highest BCUT2D eigenvalue weighted by molar-refractivity contribution is 7.90. The average Bonchev–Trinajstić information content (AvgIpc) is 2.92. The van der Waals surface area contributed by atoms with Crippen LogP contribution in [0.5, 0.6) is 0 Å². The Kier molecular flexibility index (Phi) is 3.67. The van der Waals surface area contributed by atoms with Gasteiger partial charge in [-0.2, -0.15) is 4.31 Å². The van der Waals surface area contributed by atoms with Crippen LogP contribution in [-0.4, -0.2) is 68.3 Å². The molecular formula is C11H14N4O5S2. The second kappa shape index (κ2) is 5.26. The van der Waals surface area contributed by atoms with Crippen molar-refractivity contribution >= 4 is 25.5 Å². The first-order valence-electron chi connectivity index (χ1n) is 6.43. The molecule has 9 nitrogen and oxygen atoms in total. The van der Waals surface area contributed by atoms with Crippen molar-refractivity contribution < 1.29 is 21.6 Å². The molecule has 0 N–H and O–H groups in total. The highest BCUT2D eigenvalue weighted by Crippen LogP contribution is 2.22. The first-order chi connectivity index (χ1) is 10.3. The number of morpholine rings is 1. The summed E-state index contributed by atoms with van der Waals surface area (Å²) in [5.41, 5.74) is -0.00517. The van der Waals surface area contributed by atoms with Crippen molar-refractivity contribution in [1.82, 2.24) is 18.9 Å². The van der Waals surface area contributed by atoms with Crippen molar-refractivity contribution in [2.75, 3.05) is 32.6 Å². The van der Waals surface area contributed by atoms with E-state index >= 15 is 0 Å². The van der Waals surface area contributed by atoms with Gasteiger partial charge in [0.15, 0.2) is 5.65 Å². The van der Waals surface area contributed by atoms with Crippen LogP contribution in [0.25, 0.3) is 5.65 Å². The lowest BCUT2D eigenvalue weighted by atomic mass is 10.5. The minimum Gasteiger partial charge on any atom is -0.379 e. The number of sulfone groups is 1. The first kappa shape index (κ1) is 15.3. The van der Waals surface area contributed by atoms with Gasteiger partial charge in [-0.1, -0.05) is 0 Å². The maximum atomic E-state index is 12.7. The van der Waals surface area contributed by atoms with Crippen LogP contribution in [0.2, 0.25) is 0 Å². The fraction of sp³-hybridized carbons (Fsp3) is 0.455. The number of rotatable bonds is 3. The zero-order valence-electron chi connectivity index (χ0n) is 11.7. The van der Waals surface area contributed by atoms with Crippen molar-refractivity contribution in [3.8, 4) is 0 Å². The van der Waals surface area contributed by atoms with Crippen LogP contribution in [-0.2, 0) is 24.6 Å². The van der Waals surface area contributed by atoms with E-state index in [4.69, 9.17) is 4.74 Å².